The molecule has 0 aliphatic carbocycles. The number of hydrogen-bond donors (Lipinski definition) is 1. The van der Waals surface area contributed by atoms with Crippen molar-refractivity contribution >= 4 is 17.5 Å². The maximum atomic E-state index is 11.7. The van der Waals surface area contributed by atoms with Crippen LogP contribution in [0.5, 0.6) is 5.75 Å². The van der Waals surface area contributed by atoms with E-state index in [4.69, 9.17) is 16.3 Å². The van der Waals surface area contributed by atoms with Gasteiger partial charge in [0.1, 0.15) is 5.75 Å². The lowest BCUT2D eigenvalue weighted by Gasteiger charge is -2.24. The molecule has 1 atom stereocenters. The molecule has 0 saturated heterocycles. The summed E-state index contributed by atoms with van der Waals surface area (Å²) >= 11 is 6.10. The van der Waals surface area contributed by atoms with Crippen LogP contribution in [0.15, 0.2) is 12.1 Å². The molecular formula is C11H12ClNO2. The van der Waals surface area contributed by atoms with Crippen molar-refractivity contribution in [3.05, 3.63) is 28.3 Å². The zero-order valence-corrected chi connectivity index (χ0v) is 9.39. The summed E-state index contributed by atoms with van der Waals surface area (Å²) in [6.45, 7) is 2.72. The number of hydrogen-bond acceptors (Lipinski definition) is 2. The van der Waals surface area contributed by atoms with Crippen LogP contribution in [0.25, 0.3) is 0 Å². The third-order valence-electron chi connectivity index (χ3n) is 2.69. The summed E-state index contributed by atoms with van der Waals surface area (Å²) in [6, 6.07) is 3.71. The van der Waals surface area contributed by atoms with Gasteiger partial charge < -0.3 is 10.1 Å². The first-order valence-electron chi connectivity index (χ1n) is 4.79. The van der Waals surface area contributed by atoms with Crippen molar-refractivity contribution in [2.45, 2.75) is 12.8 Å². The molecule has 2 rings (SSSR count). The minimum absolute atomic E-state index is 0.119. The van der Waals surface area contributed by atoms with Crippen molar-refractivity contribution in [3.63, 3.8) is 0 Å². The van der Waals surface area contributed by atoms with Crippen LogP contribution < -0.4 is 10.1 Å². The number of fused-ring (bicyclic) bond motifs is 1. The summed E-state index contributed by atoms with van der Waals surface area (Å²) in [7, 11) is 1.54. The van der Waals surface area contributed by atoms with Crippen LogP contribution in [0.1, 0.15) is 28.8 Å². The van der Waals surface area contributed by atoms with Crippen LogP contribution in [0.4, 0.5) is 0 Å². The second-order valence-electron chi connectivity index (χ2n) is 3.66. The normalized spacial score (nSPS) is 19.4. The van der Waals surface area contributed by atoms with Gasteiger partial charge in [-0.05, 0) is 17.5 Å². The Morgan fingerprint density at radius 3 is 2.93 bits per heavy atom. The molecule has 1 heterocycles. The van der Waals surface area contributed by atoms with Gasteiger partial charge >= 0.3 is 0 Å². The number of benzene rings is 1. The van der Waals surface area contributed by atoms with E-state index in [9.17, 15) is 4.79 Å². The van der Waals surface area contributed by atoms with Crippen molar-refractivity contribution in [1.82, 2.24) is 5.32 Å². The Labute approximate surface area is 93.4 Å². The highest BCUT2D eigenvalue weighted by atomic mass is 35.5. The van der Waals surface area contributed by atoms with Gasteiger partial charge in [0.05, 0.1) is 17.7 Å². The Morgan fingerprint density at radius 2 is 2.27 bits per heavy atom. The zero-order valence-electron chi connectivity index (χ0n) is 8.63. The smallest absolute Gasteiger partial charge is 0.253 e. The Balaban J connectivity index is 2.63. The monoisotopic (exact) mass is 225 g/mol. The standard InChI is InChI=1S/C11H12ClNO2/c1-6-5-13-11(14)9-7(6)3-4-8(15-2)10(9)12/h3-4,6H,5H2,1-2H3,(H,13,14)/t6-/m0/s1. The molecule has 1 N–H and O–H groups in total. The van der Waals surface area contributed by atoms with E-state index in [2.05, 4.69) is 12.2 Å². The van der Waals surface area contributed by atoms with Crippen molar-refractivity contribution in [1.29, 1.82) is 0 Å². The summed E-state index contributed by atoms with van der Waals surface area (Å²) in [5.41, 5.74) is 1.54. The highest BCUT2D eigenvalue weighted by Crippen LogP contribution is 2.35. The van der Waals surface area contributed by atoms with Gasteiger partial charge in [-0.25, -0.2) is 0 Å². The number of amides is 1. The first-order chi connectivity index (χ1) is 7.15. The van der Waals surface area contributed by atoms with Gasteiger partial charge in [0, 0.05) is 6.54 Å². The molecule has 4 heteroatoms. The second-order valence-corrected chi connectivity index (χ2v) is 4.04. The first-order valence-corrected chi connectivity index (χ1v) is 5.17. The molecule has 1 aliphatic heterocycles. The topological polar surface area (TPSA) is 38.3 Å². The average molecular weight is 226 g/mol. The van der Waals surface area contributed by atoms with E-state index >= 15 is 0 Å². The summed E-state index contributed by atoms with van der Waals surface area (Å²) in [6.07, 6.45) is 0. The highest BCUT2D eigenvalue weighted by Gasteiger charge is 2.26. The van der Waals surface area contributed by atoms with E-state index in [1.165, 1.54) is 7.11 Å². The summed E-state index contributed by atoms with van der Waals surface area (Å²) in [4.78, 5) is 11.7. The molecular weight excluding hydrogens is 214 g/mol. The van der Waals surface area contributed by atoms with E-state index in [0.29, 0.717) is 28.8 Å². The van der Waals surface area contributed by atoms with Crippen molar-refractivity contribution in [2.24, 2.45) is 0 Å². The first kappa shape index (κ1) is 10.3. The van der Waals surface area contributed by atoms with Crippen molar-refractivity contribution < 1.29 is 9.53 Å². The largest absolute Gasteiger partial charge is 0.495 e. The number of halogens is 1. The fourth-order valence-electron chi connectivity index (χ4n) is 1.82. The Kier molecular flexibility index (Phi) is 2.57. The van der Waals surface area contributed by atoms with Gasteiger partial charge in [-0.1, -0.05) is 24.6 Å². The lowest BCUT2D eigenvalue weighted by atomic mass is 9.91. The van der Waals surface area contributed by atoms with E-state index in [0.717, 1.165) is 5.56 Å². The summed E-state index contributed by atoms with van der Waals surface area (Å²) in [5, 5.41) is 3.20. The maximum Gasteiger partial charge on any atom is 0.253 e. The number of nitrogens with one attached hydrogen (secondary N) is 1. The number of rotatable bonds is 1. The molecule has 0 unspecified atom stereocenters. The molecule has 15 heavy (non-hydrogen) atoms. The number of carbonyl (C=O) groups is 1. The maximum absolute atomic E-state index is 11.7. The Morgan fingerprint density at radius 1 is 1.53 bits per heavy atom. The molecule has 0 fully saturated rings. The number of ether oxygens (including phenoxy) is 1. The highest BCUT2D eigenvalue weighted by molar-refractivity contribution is 6.35. The van der Waals surface area contributed by atoms with Crippen LogP contribution in [0.2, 0.25) is 5.02 Å². The third kappa shape index (κ3) is 1.57. The van der Waals surface area contributed by atoms with Gasteiger partial charge in [-0.2, -0.15) is 0 Å². The fourth-order valence-corrected chi connectivity index (χ4v) is 2.15. The average Bonchev–Trinajstić information content (AvgIpc) is 2.23. The second kappa shape index (κ2) is 3.74. The van der Waals surface area contributed by atoms with Crippen LogP contribution in [0, 0.1) is 0 Å². The van der Waals surface area contributed by atoms with E-state index in [1.807, 2.05) is 6.07 Å². The summed E-state index contributed by atoms with van der Waals surface area (Å²) < 4.78 is 5.08. The molecule has 0 spiro atoms. The molecule has 1 aliphatic rings. The van der Waals surface area contributed by atoms with Crippen molar-refractivity contribution in [3.8, 4) is 5.75 Å². The number of methoxy groups -OCH3 is 1. The molecule has 0 radical (unpaired) electrons. The van der Waals surface area contributed by atoms with Gasteiger partial charge in [-0.3, -0.25) is 4.79 Å². The van der Waals surface area contributed by atoms with Crippen molar-refractivity contribution in [2.75, 3.05) is 13.7 Å². The Hall–Kier alpha value is -1.22. The van der Waals surface area contributed by atoms with Crippen LogP contribution in [-0.2, 0) is 0 Å². The molecule has 0 aromatic heterocycles. The van der Waals surface area contributed by atoms with E-state index in [-0.39, 0.29) is 5.91 Å². The minimum atomic E-state index is -0.119. The number of carbonyl (C=O) groups excluding carboxylic acids is 1. The zero-order chi connectivity index (χ0) is 11.0. The van der Waals surface area contributed by atoms with Crippen LogP contribution >= 0.6 is 11.6 Å². The Bertz CT molecular complexity index is 417. The SMILES string of the molecule is COc1ccc2c(c1Cl)C(=O)NC[C@@H]2C. The predicted molar refractivity (Wildman–Crippen MR) is 58.8 cm³/mol. The predicted octanol–water partition coefficient (Wildman–Crippen LogP) is 2.20. The van der Waals surface area contributed by atoms with Gasteiger partial charge in [0.2, 0.25) is 0 Å². The molecule has 1 aromatic rings. The molecule has 3 nitrogen and oxygen atoms in total. The van der Waals surface area contributed by atoms with Crippen LogP contribution in [-0.4, -0.2) is 19.6 Å². The minimum Gasteiger partial charge on any atom is -0.495 e. The van der Waals surface area contributed by atoms with Crippen LogP contribution in [0.3, 0.4) is 0 Å². The molecule has 0 bridgehead atoms. The van der Waals surface area contributed by atoms with Gasteiger partial charge in [0.25, 0.3) is 5.91 Å². The summed E-state index contributed by atoms with van der Waals surface area (Å²) in [5.74, 6) is 0.716. The molecule has 0 saturated carbocycles. The van der Waals surface area contributed by atoms with Gasteiger partial charge in [-0.15, -0.1) is 0 Å². The van der Waals surface area contributed by atoms with Gasteiger partial charge in [0.15, 0.2) is 0 Å². The third-order valence-corrected chi connectivity index (χ3v) is 3.06. The molecule has 1 amide bonds. The lowest BCUT2D eigenvalue weighted by molar-refractivity contribution is 0.0941. The molecule has 1 aromatic carbocycles. The van der Waals surface area contributed by atoms with E-state index < -0.39 is 0 Å². The fraction of sp³-hybridized carbons (Fsp3) is 0.364. The quantitative estimate of drug-likeness (QED) is 0.796. The lowest BCUT2D eigenvalue weighted by Crippen LogP contribution is -2.34. The molecule has 80 valence electrons. The van der Waals surface area contributed by atoms with E-state index in [1.54, 1.807) is 6.07 Å².